The molecular formula is C17H22F3NO3. The van der Waals surface area contributed by atoms with Gasteiger partial charge in [-0.05, 0) is 56.3 Å². The average molecular weight is 345 g/mol. The van der Waals surface area contributed by atoms with Gasteiger partial charge in [-0.2, -0.15) is 13.2 Å². The van der Waals surface area contributed by atoms with Crippen molar-refractivity contribution in [3.8, 4) is 0 Å². The van der Waals surface area contributed by atoms with Crippen molar-refractivity contribution < 1.29 is 27.9 Å². The van der Waals surface area contributed by atoms with E-state index in [1.165, 1.54) is 4.90 Å². The summed E-state index contributed by atoms with van der Waals surface area (Å²) in [5, 5.41) is 9.14. The smallest absolute Gasteiger partial charge is 0.394 e. The molecule has 2 atom stereocenters. The third kappa shape index (κ3) is 2.42. The van der Waals surface area contributed by atoms with Gasteiger partial charge >= 0.3 is 12.1 Å². The fraction of sp³-hybridized carbons (Fsp3) is 0.882. The topological polar surface area (TPSA) is 57.6 Å². The summed E-state index contributed by atoms with van der Waals surface area (Å²) in [5.74, 6) is -3.59. The summed E-state index contributed by atoms with van der Waals surface area (Å²) in [5.41, 5.74) is -0.516. The van der Waals surface area contributed by atoms with Gasteiger partial charge in [0, 0.05) is 13.1 Å². The number of carboxylic acid groups (broad SMARTS) is 1. The Balaban J connectivity index is 1.56. The summed E-state index contributed by atoms with van der Waals surface area (Å²) in [4.78, 5) is 25.6. The monoisotopic (exact) mass is 345 g/mol. The van der Waals surface area contributed by atoms with Crippen LogP contribution in [0.25, 0.3) is 0 Å². The quantitative estimate of drug-likeness (QED) is 0.837. The number of nitrogens with zero attached hydrogens (tertiary/aromatic N) is 1. The van der Waals surface area contributed by atoms with Crippen LogP contribution >= 0.6 is 0 Å². The predicted molar refractivity (Wildman–Crippen MR) is 77.9 cm³/mol. The van der Waals surface area contributed by atoms with E-state index in [2.05, 4.69) is 0 Å². The largest absolute Gasteiger partial charge is 0.481 e. The number of alkyl halides is 3. The number of carboxylic acids is 1. The zero-order valence-corrected chi connectivity index (χ0v) is 13.4. The molecule has 0 aromatic rings. The lowest BCUT2D eigenvalue weighted by Crippen LogP contribution is -2.54. The molecule has 0 unspecified atom stereocenters. The normalized spacial score (nSPS) is 44.1. The van der Waals surface area contributed by atoms with Crippen LogP contribution in [-0.4, -0.2) is 41.1 Å². The molecule has 0 spiro atoms. The Morgan fingerprint density at radius 2 is 1.46 bits per heavy atom. The number of aliphatic carboxylic acids is 1. The second kappa shape index (κ2) is 5.11. The van der Waals surface area contributed by atoms with Crippen molar-refractivity contribution in [2.45, 2.75) is 44.7 Å². The molecule has 1 heterocycles. The fourth-order valence-corrected chi connectivity index (χ4v) is 6.26. The lowest BCUT2D eigenvalue weighted by atomic mass is 9.49. The Morgan fingerprint density at radius 3 is 1.83 bits per heavy atom. The van der Waals surface area contributed by atoms with E-state index in [-0.39, 0.29) is 12.5 Å². The van der Waals surface area contributed by atoms with Crippen LogP contribution in [-0.2, 0) is 9.59 Å². The van der Waals surface area contributed by atoms with Crippen molar-refractivity contribution >= 4 is 11.9 Å². The molecule has 4 nitrogen and oxygen atoms in total. The molecule has 1 amide bonds. The molecule has 4 bridgehead atoms. The summed E-state index contributed by atoms with van der Waals surface area (Å²) in [7, 11) is 0. The molecule has 24 heavy (non-hydrogen) atoms. The average Bonchev–Trinajstić information content (AvgIpc) is 2.90. The summed E-state index contributed by atoms with van der Waals surface area (Å²) in [6.07, 6.45) is 1.20. The van der Waals surface area contributed by atoms with Crippen LogP contribution in [0.1, 0.15) is 38.5 Å². The van der Waals surface area contributed by atoms with Crippen molar-refractivity contribution in [1.29, 1.82) is 0 Å². The van der Waals surface area contributed by atoms with Crippen molar-refractivity contribution in [2.75, 3.05) is 13.1 Å². The van der Waals surface area contributed by atoms with E-state index in [9.17, 15) is 22.8 Å². The van der Waals surface area contributed by atoms with Gasteiger partial charge in [-0.25, -0.2) is 0 Å². The van der Waals surface area contributed by atoms with Crippen molar-refractivity contribution in [3.63, 3.8) is 0 Å². The van der Waals surface area contributed by atoms with Crippen molar-refractivity contribution in [3.05, 3.63) is 0 Å². The van der Waals surface area contributed by atoms with Gasteiger partial charge in [-0.15, -0.1) is 0 Å². The van der Waals surface area contributed by atoms with E-state index < -0.39 is 35.9 Å². The molecule has 4 saturated carbocycles. The zero-order chi connectivity index (χ0) is 17.3. The number of rotatable bonds is 2. The SMILES string of the molecule is O=C(O)[C@@H]1CN(C(=O)C23CC4CC(CC(C4)C2)C3)C[C@H]1C(F)(F)F. The molecule has 7 heteroatoms. The highest BCUT2D eigenvalue weighted by atomic mass is 19.4. The van der Waals surface area contributed by atoms with E-state index in [4.69, 9.17) is 5.11 Å². The van der Waals surface area contributed by atoms with Crippen molar-refractivity contribution in [2.24, 2.45) is 35.0 Å². The number of amides is 1. The van der Waals surface area contributed by atoms with Crippen LogP contribution in [0.5, 0.6) is 0 Å². The fourth-order valence-electron chi connectivity index (χ4n) is 6.26. The van der Waals surface area contributed by atoms with Crippen LogP contribution in [0.4, 0.5) is 13.2 Å². The van der Waals surface area contributed by atoms with Gasteiger partial charge in [0.25, 0.3) is 0 Å². The highest BCUT2D eigenvalue weighted by Crippen LogP contribution is 2.61. The first-order chi connectivity index (χ1) is 11.2. The van der Waals surface area contributed by atoms with Gasteiger partial charge in [0.2, 0.25) is 5.91 Å². The first-order valence-electron chi connectivity index (χ1n) is 8.77. The molecule has 5 fully saturated rings. The van der Waals surface area contributed by atoms with Gasteiger partial charge in [-0.1, -0.05) is 0 Å². The maximum atomic E-state index is 13.2. The van der Waals surface area contributed by atoms with Crippen molar-refractivity contribution in [1.82, 2.24) is 4.90 Å². The standard InChI is InChI=1S/C17H22F3NO3/c18-17(19,20)13-8-21(7-12(13)14(22)23)15(24)16-4-9-1-10(5-16)3-11(2-9)6-16/h9-13H,1-8H2,(H,22,23)/t9?,10?,11?,12-,13-,16?/m1/s1. The molecule has 1 saturated heterocycles. The predicted octanol–water partition coefficient (Wildman–Crippen LogP) is 2.92. The molecule has 0 radical (unpaired) electrons. The molecule has 1 aliphatic heterocycles. The number of likely N-dealkylation sites (tertiary alicyclic amines) is 1. The number of carbonyl (C=O) groups excluding carboxylic acids is 1. The van der Waals surface area contributed by atoms with E-state index in [0.717, 1.165) is 38.5 Å². The molecule has 0 aromatic heterocycles. The minimum absolute atomic E-state index is 0.209. The number of carbonyl (C=O) groups is 2. The summed E-state index contributed by atoms with van der Waals surface area (Å²) in [6.45, 7) is -0.804. The van der Waals surface area contributed by atoms with Gasteiger partial charge < -0.3 is 10.0 Å². The molecule has 1 N–H and O–H groups in total. The molecule has 5 aliphatic rings. The van der Waals surface area contributed by atoms with E-state index >= 15 is 0 Å². The molecule has 134 valence electrons. The Morgan fingerprint density at radius 1 is 0.958 bits per heavy atom. The highest BCUT2D eigenvalue weighted by molar-refractivity contribution is 5.85. The number of hydrogen-bond acceptors (Lipinski definition) is 2. The second-order valence-corrected chi connectivity index (χ2v) is 8.50. The summed E-state index contributed by atoms with van der Waals surface area (Å²) in [6, 6.07) is 0. The van der Waals surface area contributed by atoms with Gasteiger partial charge in [-0.3, -0.25) is 9.59 Å². The Kier molecular flexibility index (Phi) is 3.45. The van der Waals surface area contributed by atoms with Crippen LogP contribution in [0.3, 0.4) is 0 Å². The van der Waals surface area contributed by atoms with Crippen LogP contribution in [0, 0.1) is 35.0 Å². The Bertz CT molecular complexity index is 539. The van der Waals surface area contributed by atoms with Gasteiger partial charge in [0.05, 0.1) is 17.3 Å². The highest BCUT2D eigenvalue weighted by Gasteiger charge is 2.59. The lowest BCUT2D eigenvalue weighted by molar-refractivity contribution is -0.188. The molecule has 0 aromatic carbocycles. The van der Waals surface area contributed by atoms with Crippen LogP contribution < -0.4 is 0 Å². The lowest BCUT2D eigenvalue weighted by Gasteiger charge is -2.56. The van der Waals surface area contributed by atoms with Crippen LogP contribution in [0.2, 0.25) is 0 Å². The second-order valence-electron chi connectivity index (χ2n) is 8.50. The number of hydrogen-bond donors (Lipinski definition) is 1. The van der Waals surface area contributed by atoms with Crippen LogP contribution in [0.15, 0.2) is 0 Å². The first-order valence-corrected chi connectivity index (χ1v) is 8.77. The third-order valence-corrected chi connectivity index (χ3v) is 6.84. The third-order valence-electron chi connectivity index (χ3n) is 6.84. The molecular weight excluding hydrogens is 323 g/mol. The van der Waals surface area contributed by atoms with Gasteiger partial charge in [0.15, 0.2) is 0 Å². The minimum atomic E-state index is -4.58. The van der Waals surface area contributed by atoms with E-state index in [0.29, 0.717) is 17.8 Å². The molecule has 5 rings (SSSR count). The maximum absolute atomic E-state index is 13.2. The summed E-state index contributed by atoms with van der Waals surface area (Å²) < 4.78 is 39.5. The Hall–Kier alpha value is -1.27. The van der Waals surface area contributed by atoms with Gasteiger partial charge in [0.1, 0.15) is 0 Å². The van der Waals surface area contributed by atoms with E-state index in [1.54, 1.807) is 0 Å². The number of halogens is 3. The molecule has 4 aliphatic carbocycles. The minimum Gasteiger partial charge on any atom is -0.481 e. The zero-order valence-electron chi connectivity index (χ0n) is 13.4. The Labute approximate surface area is 138 Å². The van der Waals surface area contributed by atoms with E-state index in [1.807, 2.05) is 0 Å². The maximum Gasteiger partial charge on any atom is 0.394 e. The first kappa shape index (κ1) is 16.2. The summed E-state index contributed by atoms with van der Waals surface area (Å²) >= 11 is 0.